The molecule has 0 fully saturated rings. The summed E-state index contributed by atoms with van der Waals surface area (Å²) >= 11 is 1.63. The summed E-state index contributed by atoms with van der Waals surface area (Å²) in [5, 5.41) is 24.9. The molecule has 0 saturated heterocycles. The molecule has 18 heavy (non-hydrogen) atoms. The molecule has 0 aliphatic rings. The van der Waals surface area contributed by atoms with Crippen molar-refractivity contribution in [2.24, 2.45) is 5.10 Å². The molecule has 0 unspecified atom stereocenters. The van der Waals surface area contributed by atoms with Crippen LogP contribution in [-0.2, 0) is 0 Å². The first-order valence-corrected chi connectivity index (χ1v) is 6.04. The quantitative estimate of drug-likeness (QED) is 0.673. The van der Waals surface area contributed by atoms with Gasteiger partial charge in [0.1, 0.15) is 12.1 Å². The minimum atomic E-state index is -0.198. The molecule has 0 spiro atoms. The third kappa shape index (κ3) is 2.73. The number of hydrogen-bond acceptors (Lipinski definition) is 5. The highest BCUT2D eigenvalue weighted by Gasteiger charge is 1.99. The maximum absolute atomic E-state index is 8.57. The highest BCUT2D eigenvalue weighted by molar-refractivity contribution is 7.08. The van der Waals surface area contributed by atoms with E-state index in [9.17, 15) is 0 Å². The molecule has 4 nitrogen and oxygen atoms in total. The van der Waals surface area contributed by atoms with Crippen molar-refractivity contribution in [3.63, 3.8) is 0 Å². The standard InChI is InChI=1S/C13H8N4S/c14-7-13(8-15)17-16-12-3-1-2-10(6-12)11-4-5-18-9-11/h1-6,9,16H. The van der Waals surface area contributed by atoms with Crippen molar-refractivity contribution >= 4 is 22.7 Å². The number of nitrogens with zero attached hydrogens (tertiary/aromatic N) is 3. The van der Waals surface area contributed by atoms with Crippen molar-refractivity contribution in [3.05, 3.63) is 41.1 Å². The van der Waals surface area contributed by atoms with Crippen molar-refractivity contribution in [1.82, 2.24) is 0 Å². The van der Waals surface area contributed by atoms with E-state index in [-0.39, 0.29) is 5.71 Å². The SMILES string of the molecule is N#CC(C#N)=NNc1cccc(-c2ccsc2)c1. The summed E-state index contributed by atoms with van der Waals surface area (Å²) in [6.45, 7) is 0. The molecular formula is C13H8N4S. The van der Waals surface area contributed by atoms with Crippen molar-refractivity contribution in [2.75, 3.05) is 5.43 Å². The fourth-order valence-electron chi connectivity index (χ4n) is 1.39. The Morgan fingerprint density at radius 3 is 2.67 bits per heavy atom. The lowest BCUT2D eigenvalue weighted by molar-refractivity contribution is 1.34. The Labute approximate surface area is 108 Å². The Hall–Kier alpha value is -2.63. The molecule has 0 amide bonds. The summed E-state index contributed by atoms with van der Waals surface area (Å²) in [7, 11) is 0. The van der Waals surface area contributed by atoms with Crippen LogP contribution in [0.1, 0.15) is 0 Å². The maximum Gasteiger partial charge on any atom is 0.237 e. The first-order valence-electron chi connectivity index (χ1n) is 5.10. The number of rotatable bonds is 3. The van der Waals surface area contributed by atoms with Crippen LogP contribution in [0.25, 0.3) is 11.1 Å². The topological polar surface area (TPSA) is 72.0 Å². The lowest BCUT2D eigenvalue weighted by atomic mass is 10.1. The number of nitrogens with one attached hydrogen (secondary N) is 1. The summed E-state index contributed by atoms with van der Waals surface area (Å²) in [5.74, 6) is 0. The van der Waals surface area contributed by atoms with Gasteiger partial charge in [-0.05, 0) is 40.1 Å². The van der Waals surface area contributed by atoms with Gasteiger partial charge in [-0.3, -0.25) is 5.43 Å². The van der Waals surface area contributed by atoms with E-state index in [2.05, 4.69) is 15.9 Å². The monoisotopic (exact) mass is 252 g/mol. The second-order valence-corrected chi connectivity index (χ2v) is 4.17. The van der Waals surface area contributed by atoms with E-state index < -0.39 is 0 Å². The van der Waals surface area contributed by atoms with Crippen LogP contribution in [0.15, 0.2) is 46.2 Å². The molecule has 0 saturated carbocycles. The number of thiophene rings is 1. The largest absolute Gasteiger partial charge is 0.276 e. The summed E-state index contributed by atoms with van der Waals surface area (Å²) < 4.78 is 0. The van der Waals surface area contributed by atoms with Crippen LogP contribution in [0.4, 0.5) is 5.69 Å². The molecule has 1 heterocycles. The predicted octanol–water partition coefficient (Wildman–Crippen LogP) is 3.23. The molecule has 0 atom stereocenters. The molecule has 1 aromatic heterocycles. The molecule has 1 aromatic carbocycles. The van der Waals surface area contributed by atoms with Crippen LogP contribution >= 0.6 is 11.3 Å². The maximum atomic E-state index is 8.57. The minimum absolute atomic E-state index is 0.198. The molecule has 2 aromatic rings. The zero-order chi connectivity index (χ0) is 12.8. The van der Waals surface area contributed by atoms with Crippen LogP contribution in [0.5, 0.6) is 0 Å². The molecule has 5 heteroatoms. The second-order valence-electron chi connectivity index (χ2n) is 3.39. The number of benzene rings is 1. The van der Waals surface area contributed by atoms with Crippen molar-refractivity contribution in [1.29, 1.82) is 10.5 Å². The van der Waals surface area contributed by atoms with Crippen LogP contribution in [0.3, 0.4) is 0 Å². The number of hydrazone groups is 1. The Bertz CT molecular complexity index is 628. The summed E-state index contributed by atoms with van der Waals surface area (Å²) in [5.41, 5.74) is 5.43. The predicted molar refractivity (Wildman–Crippen MR) is 72.0 cm³/mol. The average Bonchev–Trinajstić information content (AvgIpc) is 2.94. The first-order chi connectivity index (χ1) is 8.83. The lowest BCUT2D eigenvalue weighted by Crippen LogP contribution is -1.96. The van der Waals surface area contributed by atoms with Gasteiger partial charge in [0, 0.05) is 0 Å². The van der Waals surface area contributed by atoms with E-state index in [1.54, 1.807) is 23.5 Å². The Morgan fingerprint density at radius 2 is 2.00 bits per heavy atom. The van der Waals surface area contributed by atoms with Gasteiger partial charge in [0.2, 0.25) is 5.71 Å². The van der Waals surface area contributed by atoms with E-state index in [0.717, 1.165) is 16.8 Å². The highest BCUT2D eigenvalue weighted by Crippen LogP contribution is 2.24. The van der Waals surface area contributed by atoms with E-state index in [0.29, 0.717) is 0 Å². The van der Waals surface area contributed by atoms with Crippen LogP contribution < -0.4 is 5.43 Å². The van der Waals surface area contributed by atoms with Gasteiger partial charge in [-0.25, -0.2) is 0 Å². The summed E-state index contributed by atoms with van der Waals surface area (Å²) in [6, 6.07) is 13.0. The fraction of sp³-hybridized carbons (Fsp3) is 0. The fourth-order valence-corrected chi connectivity index (χ4v) is 2.06. The van der Waals surface area contributed by atoms with Crippen molar-refractivity contribution < 1.29 is 0 Å². The Balaban J connectivity index is 2.22. The van der Waals surface area contributed by atoms with Gasteiger partial charge in [-0.2, -0.15) is 27.0 Å². The van der Waals surface area contributed by atoms with Gasteiger partial charge in [0.15, 0.2) is 0 Å². The van der Waals surface area contributed by atoms with Crippen LogP contribution in [0.2, 0.25) is 0 Å². The van der Waals surface area contributed by atoms with Crippen LogP contribution in [-0.4, -0.2) is 5.71 Å². The van der Waals surface area contributed by atoms with Gasteiger partial charge in [0.25, 0.3) is 0 Å². The van der Waals surface area contributed by atoms with Gasteiger partial charge in [-0.15, -0.1) is 0 Å². The van der Waals surface area contributed by atoms with E-state index in [1.165, 1.54) is 0 Å². The molecule has 1 N–H and O–H groups in total. The molecular weight excluding hydrogens is 244 g/mol. The average molecular weight is 252 g/mol. The smallest absolute Gasteiger partial charge is 0.237 e. The zero-order valence-corrected chi connectivity index (χ0v) is 10.1. The number of anilines is 1. The van der Waals surface area contributed by atoms with Gasteiger partial charge in [-0.1, -0.05) is 12.1 Å². The molecule has 86 valence electrons. The lowest BCUT2D eigenvalue weighted by Gasteiger charge is -2.02. The first kappa shape index (κ1) is 11.8. The highest BCUT2D eigenvalue weighted by atomic mass is 32.1. The van der Waals surface area contributed by atoms with Gasteiger partial charge in [0.05, 0.1) is 5.69 Å². The van der Waals surface area contributed by atoms with Crippen molar-refractivity contribution in [2.45, 2.75) is 0 Å². The molecule has 2 rings (SSSR count). The van der Waals surface area contributed by atoms with Gasteiger partial charge < -0.3 is 0 Å². The van der Waals surface area contributed by atoms with Crippen LogP contribution in [0, 0.1) is 22.7 Å². The molecule has 0 bridgehead atoms. The van der Waals surface area contributed by atoms with Gasteiger partial charge >= 0.3 is 0 Å². The number of hydrogen-bond donors (Lipinski definition) is 1. The van der Waals surface area contributed by atoms with E-state index in [4.69, 9.17) is 10.5 Å². The summed E-state index contributed by atoms with van der Waals surface area (Å²) in [4.78, 5) is 0. The van der Waals surface area contributed by atoms with E-state index in [1.807, 2.05) is 35.7 Å². The second kappa shape index (κ2) is 5.62. The third-order valence-electron chi connectivity index (χ3n) is 2.23. The zero-order valence-electron chi connectivity index (χ0n) is 9.29. The molecule has 0 aliphatic heterocycles. The van der Waals surface area contributed by atoms with Crippen molar-refractivity contribution in [3.8, 4) is 23.3 Å². The van der Waals surface area contributed by atoms with E-state index >= 15 is 0 Å². The Kier molecular flexibility index (Phi) is 3.70. The normalized spacial score (nSPS) is 9.00. The summed E-state index contributed by atoms with van der Waals surface area (Å²) in [6.07, 6.45) is 0. The molecule has 0 radical (unpaired) electrons. The third-order valence-corrected chi connectivity index (χ3v) is 2.91. The Morgan fingerprint density at radius 1 is 1.17 bits per heavy atom. The molecule has 0 aliphatic carbocycles. The minimum Gasteiger partial charge on any atom is -0.276 e. The number of nitriles is 2.